The number of aromatic nitrogens is 2. The van der Waals surface area contributed by atoms with Crippen LogP contribution in [0.2, 0.25) is 0 Å². The number of aryl methyl sites for hydroxylation is 2. The molecular weight excluding hydrogens is 460 g/mol. The molecule has 1 amide bonds. The van der Waals surface area contributed by atoms with E-state index in [-0.39, 0.29) is 5.91 Å². The predicted molar refractivity (Wildman–Crippen MR) is 146 cm³/mol. The van der Waals surface area contributed by atoms with E-state index in [1.54, 1.807) is 0 Å². The van der Waals surface area contributed by atoms with Gasteiger partial charge in [0.2, 0.25) is 0 Å². The van der Waals surface area contributed by atoms with Crippen LogP contribution in [0.1, 0.15) is 49.3 Å². The zero-order valence-corrected chi connectivity index (χ0v) is 21.2. The highest BCUT2D eigenvalue weighted by Gasteiger charge is 2.20. The molecule has 3 aromatic heterocycles. The number of amides is 1. The van der Waals surface area contributed by atoms with Crippen LogP contribution in [-0.2, 0) is 26.2 Å². The fourth-order valence-electron chi connectivity index (χ4n) is 5.92. The lowest BCUT2D eigenvalue weighted by Gasteiger charge is -2.15. The Morgan fingerprint density at radius 1 is 1.00 bits per heavy atom. The quantitative estimate of drug-likeness (QED) is 0.297. The maximum Gasteiger partial charge on any atom is 0.251 e. The Hall–Kier alpha value is -4.16. The first-order valence-electron chi connectivity index (χ1n) is 12.8. The van der Waals surface area contributed by atoms with Crippen LogP contribution in [-0.4, -0.2) is 15.7 Å². The average Bonchev–Trinajstić information content (AvgIpc) is 3.67. The van der Waals surface area contributed by atoms with E-state index < -0.39 is 0 Å². The average molecular weight is 489 g/mol. The van der Waals surface area contributed by atoms with Crippen LogP contribution in [0.25, 0.3) is 32.7 Å². The van der Waals surface area contributed by atoms with Gasteiger partial charge in [0.1, 0.15) is 11.2 Å². The Bertz CT molecular complexity index is 1840. The number of hydrogen-bond donors (Lipinski definition) is 2. The van der Waals surface area contributed by atoms with Gasteiger partial charge in [0.15, 0.2) is 0 Å². The van der Waals surface area contributed by atoms with Gasteiger partial charge in [0.25, 0.3) is 5.91 Å². The first-order chi connectivity index (χ1) is 18.0. The summed E-state index contributed by atoms with van der Waals surface area (Å²) in [6.45, 7) is 9.38. The molecule has 3 aromatic carbocycles. The first-order valence-corrected chi connectivity index (χ1v) is 12.8. The van der Waals surface area contributed by atoms with Crippen LogP contribution in [0, 0.1) is 20.8 Å². The van der Waals surface area contributed by atoms with Gasteiger partial charge in [-0.3, -0.25) is 9.48 Å². The molecule has 184 valence electrons. The SMILES string of the molecule is Cc1cnn(Cc2ccc3c(c2)c2oc3c3ccc(C(=O)NCc4c(C)cc5c(c4C)CNC5)cc32)c1. The molecule has 7 rings (SSSR count). The molecule has 0 spiro atoms. The third-order valence-electron chi connectivity index (χ3n) is 7.86. The number of nitrogens with one attached hydrogen (secondary N) is 2. The lowest BCUT2D eigenvalue weighted by atomic mass is 9.94. The van der Waals surface area contributed by atoms with Crippen molar-refractivity contribution >= 4 is 38.6 Å². The Balaban J connectivity index is 1.19. The summed E-state index contributed by atoms with van der Waals surface area (Å²) in [6, 6.07) is 14.6. The van der Waals surface area contributed by atoms with Gasteiger partial charge in [-0.1, -0.05) is 18.2 Å². The molecule has 6 aromatic rings. The summed E-state index contributed by atoms with van der Waals surface area (Å²) in [5.41, 5.74) is 11.1. The lowest BCUT2D eigenvalue weighted by Crippen LogP contribution is -2.24. The fourth-order valence-corrected chi connectivity index (χ4v) is 5.92. The van der Waals surface area contributed by atoms with Crippen molar-refractivity contribution in [2.24, 2.45) is 0 Å². The molecule has 1 aliphatic heterocycles. The van der Waals surface area contributed by atoms with Gasteiger partial charge in [-0.15, -0.1) is 0 Å². The summed E-state index contributed by atoms with van der Waals surface area (Å²) in [6.07, 6.45) is 3.91. The molecule has 0 saturated heterocycles. The Morgan fingerprint density at radius 3 is 2.59 bits per heavy atom. The van der Waals surface area contributed by atoms with Crippen molar-refractivity contribution in [3.05, 3.63) is 99.4 Å². The molecule has 0 unspecified atom stereocenters. The second kappa shape index (κ2) is 8.18. The van der Waals surface area contributed by atoms with Gasteiger partial charge in [-0.25, -0.2) is 0 Å². The van der Waals surface area contributed by atoms with Crippen LogP contribution < -0.4 is 10.6 Å². The Morgan fingerprint density at radius 2 is 1.78 bits per heavy atom. The molecule has 0 atom stereocenters. The van der Waals surface area contributed by atoms with E-state index in [9.17, 15) is 4.79 Å². The van der Waals surface area contributed by atoms with Crippen LogP contribution in [0.5, 0.6) is 0 Å². The fraction of sp³-hybridized carbons (Fsp3) is 0.226. The summed E-state index contributed by atoms with van der Waals surface area (Å²) < 4.78 is 8.18. The summed E-state index contributed by atoms with van der Waals surface area (Å²) in [4.78, 5) is 13.2. The largest absolute Gasteiger partial charge is 0.455 e. The third-order valence-corrected chi connectivity index (χ3v) is 7.86. The number of rotatable bonds is 5. The van der Waals surface area contributed by atoms with E-state index >= 15 is 0 Å². The third kappa shape index (κ3) is 3.51. The van der Waals surface area contributed by atoms with Gasteiger partial charge in [0, 0.05) is 52.9 Å². The van der Waals surface area contributed by atoms with E-state index in [0.29, 0.717) is 18.7 Å². The number of fused-ring (bicyclic) bond motifs is 9. The minimum Gasteiger partial charge on any atom is -0.455 e. The molecular formula is C31H28N4O2. The van der Waals surface area contributed by atoms with Gasteiger partial charge in [-0.2, -0.15) is 5.10 Å². The van der Waals surface area contributed by atoms with Crippen LogP contribution >= 0.6 is 0 Å². The molecule has 6 heteroatoms. The zero-order valence-electron chi connectivity index (χ0n) is 21.2. The van der Waals surface area contributed by atoms with Crippen LogP contribution in [0.3, 0.4) is 0 Å². The molecule has 2 N–H and O–H groups in total. The van der Waals surface area contributed by atoms with Crippen molar-refractivity contribution in [1.29, 1.82) is 0 Å². The molecule has 4 heterocycles. The second-order valence-electron chi connectivity index (χ2n) is 10.3. The summed E-state index contributed by atoms with van der Waals surface area (Å²) in [5, 5.41) is 15.2. The zero-order chi connectivity index (χ0) is 25.3. The number of carbonyl (C=O) groups is 1. The highest BCUT2D eigenvalue weighted by Crippen LogP contribution is 2.41. The maximum atomic E-state index is 13.2. The molecule has 0 radical (unpaired) electrons. The molecule has 6 nitrogen and oxygen atoms in total. The van der Waals surface area contributed by atoms with Crippen LogP contribution in [0.4, 0.5) is 0 Å². The van der Waals surface area contributed by atoms with Gasteiger partial charge in [-0.05, 0) is 84.0 Å². The van der Waals surface area contributed by atoms with E-state index in [4.69, 9.17) is 4.42 Å². The summed E-state index contributed by atoms with van der Waals surface area (Å²) in [5.74, 6) is -0.0726. The normalized spacial score (nSPS) is 13.3. The molecule has 1 aliphatic rings. The Kier molecular flexibility index (Phi) is 4.88. The Labute approximate surface area is 214 Å². The predicted octanol–water partition coefficient (Wildman–Crippen LogP) is 5.88. The standard InChI is InChI=1S/C31H28N4O2/c1-17-11-34-35(15-17)16-20-4-6-23-25(9-20)30-26-10-21(5-7-24(26)29(23)37-30)31(36)33-14-27-18(2)8-22-12-32-13-28(22)19(27)3/h4-11,15,32H,12-14,16H2,1-3H3,(H,33,36). The van der Waals surface area contributed by atoms with Crippen molar-refractivity contribution in [3.8, 4) is 0 Å². The van der Waals surface area contributed by atoms with Gasteiger partial charge < -0.3 is 15.1 Å². The van der Waals surface area contributed by atoms with E-state index in [0.717, 1.165) is 56.9 Å². The van der Waals surface area contributed by atoms with Crippen LogP contribution in [0.15, 0.2) is 59.3 Å². The van der Waals surface area contributed by atoms with Crippen molar-refractivity contribution in [2.75, 3.05) is 0 Å². The number of furan rings is 2. The maximum absolute atomic E-state index is 13.2. The highest BCUT2D eigenvalue weighted by molar-refractivity contribution is 6.25. The number of hydrogen-bond acceptors (Lipinski definition) is 4. The molecule has 37 heavy (non-hydrogen) atoms. The summed E-state index contributed by atoms with van der Waals surface area (Å²) >= 11 is 0. The van der Waals surface area contributed by atoms with Gasteiger partial charge >= 0.3 is 0 Å². The van der Waals surface area contributed by atoms with Crippen molar-refractivity contribution in [2.45, 2.75) is 47.0 Å². The minimum absolute atomic E-state index is 0.0726. The van der Waals surface area contributed by atoms with Crippen molar-refractivity contribution in [1.82, 2.24) is 20.4 Å². The monoisotopic (exact) mass is 488 g/mol. The number of nitrogens with zero attached hydrogens (tertiary/aromatic N) is 2. The highest BCUT2D eigenvalue weighted by atomic mass is 16.3. The van der Waals surface area contributed by atoms with E-state index in [1.165, 1.54) is 27.8 Å². The molecule has 0 saturated carbocycles. The molecule has 2 bridgehead atoms. The molecule has 0 fully saturated rings. The van der Waals surface area contributed by atoms with E-state index in [2.05, 4.69) is 53.8 Å². The first kappa shape index (κ1) is 22.1. The summed E-state index contributed by atoms with van der Waals surface area (Å²) in [7, 11) is 0. The second-order valence-corrected chi connectivity index (χ2v) is 10.3. The van der Waals surface area contributed by atoms with Crippen molar-refractivity contribution in [3.63, 3.8) is 0 Å². The smallest absolute Gasteiger partial charge is 0.251 e. The number of carbonyl (C=O) groups excluding carboxylic acids is 1. The van der Waals surface area contributed by atoms with Crippen molar-refractivity contribution < 1.29 is 9.21 Å². The lowest BCUT2D eigenvalue weighted by molar-refractivity contribution is 0.0951. The topological polar surface area (TPSA) is 72.1 Å². The molecule has 0 aliphatic carbocycles. The van der Waals surface area contributed by atoms with E-state index in [1.807, 2.05) is 42.2 Å². The van der Waals surface area contributed by atoms with Gasteiger partial charge in [0.05, 0.1) is 12.7 Å². The minimum atomic E-state index is -0.0726. The number of benzene rings is 4.